The van der Waals surface area contributed by atoms with Crippen LogP contribution in [0.25, 0.3) is 10.9 Å². The molecule has 122 valence electrons. The Morgan fingerprint density at radius 1 is 1.46 bits per heavy atom. The Morgan fingerprint density at radius 3 is 2.92 bits per heavy atom. The molecule has 2 N–H and O–H groups in total. The summed E-state index contributed by atoms with van der Waals surface area (Å²) in [5.41, 5.74) is -0.0537. The van der Waals surface area contributed by atoms with Crippen molar-refractivity contribution in [2.45, 2.75) is 0 Å². The number of benzene rings is 1. The number of nitrogens with zero attached hydrogens (tertiary/aromatic N) is 2. The van der Waals surface area contributed by atoms with Crippen molar-refractivity contribution >= 4 is 38.3 Å². The summed E-state index contributed by atoms with van der Waals surface area (Å²) in [6.45, 7) is 0. The van der Waals surface area contributed by atoms with Gasteiger partial charge in [-0.3, -0.25) is 25.0 Å². The first-order chi connectivity index (χ1) is 11.5. The zero-order valence-electron chi connectivity index (χ0n) is 12.2. The highest BCUT2D eigenvalue weighted by Gasteiger charge is 2.17. The second-order valence-corrected chi connectivity index (χ2v) is 5.67. The molecule has 0 fully saturated rings. The molecular formula is C14H10N4O5S. The quantitative estimate of drug-likeness (QED) is 0.550. The van der Waals surface area contributed by atoms with Crippen molar-refractivity contribution in [2.75, 3.05) is 12.4 Å². The minimum atomic E-state index is -0.704. The zero-order valence-corrected chi connectivity index (χ0v) is 13.0. The van der Waals surface area contributed by atoms with Gasteiger partial charge in [0.2, 0.25) is 5.43 Å². The van der Waals surface area contributed by atoms with Crippen molar-refractivity contribution in [3.63, 3.8) is 0 Å². The van der Waals surface area contributed by atoms with Crippen LogP contribution < -0.4 is 15.5 Å². The van der Waals surface area contributed by atoms with E-state index in [1.165, 1.54) is 19.4 Å². The number of carbonyl (C=O) groups is 1. The van der Waals surface area contributed by atoms with Crippen LogP contribution in [0.4, 0.5) is 10.1 Å². The van der Waals surface area contributed by atoms with E-state index in [1.807, 2.05) is 0 Å². The molecule has 9 nitrogen and oxygen atoms in total. The first-order valence-electron chi connectivity index (χ1n) is 6.60. The lowest BCUT2D eigenvalue weighted by atomic mass is 10.1. The molecule has 24 heavy (non-hydrogen) atoms. The maximum Gasteiger partial charge on any atom is 0.345 e. The van der Waals surface area contributed by atoms with Crippen molar-refractivity contribution in [3.8, 4) is 5.75 Å². The van der Waals surface area contributed by atoms with Crippen LogP contribution in [0.2, 0.25) is 0 Å². The summed E-state index contributed by atoms with van der Waals surface area (Å²) in [6.07, 6.45) is 2.32. The number of fused-ring (bicyclic) bond motifs is 1. The Balaban J connectivity index is 1.95. The van der Waals surface area contributed by atoms with Crippen molar-refractivity contribution in [1.29, 1.82) is 0 Å². The van der Waals surface area contributed by atoms with Gasteiger partial charge < -0.3 is 9.72 Å². The molecule has 0 radical (unpaired) electrons. The van der Waals surface area contributed by atoms with Crippen LogP contribution in [-0.4, -0.2) is 27.9 Å². The highest BCUT2D eigenvalue weighted by molar-refractivity contribution is 7.18. The van der Waals surface area contributed by atoms with Crippen LogP contribution in [0.15, 0.2) is 35.4 Å². The molecule has 0 aliphatic rings. The van der Waals surface area contributed by atoms with Crippen LogP contribution in [0.1, 0.15) is 10.4 Å². The predicted molar refractivity (Wildman–Crippen MR) is 87.8 cm³/mol. The number of anilines is 1. The normalized spacial score (nSPS) is 10.5. The van der Waals surface area contributed by atoms with E-state index in [4.69, 9.17) is 4.74 Å². The molecule has 10 heteroatoms. The molecule has 2 aromatic heterocycles. The van der Waals surface area contributed by atoms with Gasteiger partial charge in [0.15, 0.2) is 5.13 Å². The molecule has 0 saturated heterocycles. The van der Waals surface area contributed by atoms with Gasteiger partial charge in [-0.25, -0.2) is 4.98 Å². The van der Waals surface area contributed by atoms with Crippen LogP contribution in [0, 0.1) is 10.1 Å². The van der Waals surface area contributed by atoms with Gasteiger partial charge in [-0.2, -0.15) is 0 Å². The molecule has 0 unspecified atom stereocenters. The van der Waals surface area contributed by atoms with Crippen LogP contribution >= 0.6 is 11.3 Å². The Labute approximate surface area is 138 Å². The van der Waals surface area contributed by atoms with Crippen LogP contribution in [0.3, 0.4) is 0 Å². The first-order valence-corrected chi connectivity index (χ1v) is 7.42. The highest BCUT2D eigenvalue weighted by Crippen LogP contribution is 2.25. The number of thiazole rings is 1. The fraction of sp³-hybridized carbons (Fsp3) is 0.0714. The Kier molecular flexibility index (Phi) is 3.96. The Bertz CT molecular complexity index is 1010. The third kappa shape index (κ3) is 2.82. The zero-order chi connectivity index (χ0) is 17.3. The minimum Gasteiger partial charge on any atom is -0.497 e. The molecule has 0 saturated carbocycles. The molecule has 2 heterocycles. The van der Waals surface area contributed by atoms with Crippen molar-refractivity contribution in [1.82, 2.24) is 9.97 Å². The SMILES string of the molecule is COc1ccc2[nH]cc(C(=O)Nc3ncc([N+](=O)[O-])s3)c(=O)c2c1. The Morgan fingerprint density at radius 2 is 2.25 bits per heavy atom. The largest absolute Gasteiger partial charge is 0.497 e. The molecule has 0 spiro atoms. The van der Waals surface area contributed by atoms with E-state index >= 15 is 0 Å². The number of pyridine rings is 1. The molecule has 0 bridgehead atoms. The molecule has 1 aromatic carbocycles. The summed E-state index contributed by atoms with van der Waals surface area (Å²) in [6, 6.07) is 4.88. The summed E-state index contributed by atoms with van der Waals surface area (Å²) >= 11 is 0.705. The number of aromatic nitrogens is 2. The van der Waals surface area contributed by atoms with Crippen molar-refractivity contribution in [3.05, 3.63) is 56.5 Å². The standard InChI is InChI=1S/C14H10N4O5S/c1-23-7-2-3-10-8(4-7)12(19)9(5-15-10)13(20)17-14-16-6-11(24-14)18(21)22/h2-6H,1H3,(H,15,19)(H,16,17,20). The van der Waals surface area contributed by atoms with E-state index in [1.54, 1.807) is 12.1 Å². The molecule has 3 rings (SSSR count). The average Bonchev–Trinajstić information content (AvgIpc) is 3.03. The number of amides is 1. The number of nitro groups is 1. The molecule has 0 aliphatic heterocycles. The van der Waals surface area contributed by atoms with Crippen LogP contribution in [-0.2, 0) is 0 Å². The minimum absolute atomic E-state index is 0.0387. The summed E-state index contributed by atoms with van der Waals surface area (Å²) in [5.74, 6) is -0.216. The number of rotatable bonds is 4. The lowest BCUT2D eigenvalue weighted by Gasteiger charge is -2.05. The average molecular weight is 346 g/mol. The predicted octanol–water partition coefficient (Wildman–Crippen LogP) is 2.15. The summed E-state index contributed by atoms with van der Waals surface area (Å²) in [5, 5.41) is 13.1. The third-order valence-electron chi connectivity index (χ3n) is 3.23. The van der Waals surface area contributed by atoms with Gasteiger partial charge in [-0.15, -0.1) is 0 Å². The molecule has 1 amide bonds. The lowest BCUT2D eigenvalue weighted by Crippen LogP contribution is -2.21. The highest BCUT2D eigenvalue weighted by atomic mass is 32.1. The number of methoxy groups -OCH3 is 1. The van der Waals surface area contributed by atoms with E-state index in [0.29, 0.717) is 28.0 Å². The van der Waals surface area contributed by atoms with E-state index in [-0.39, 0.29) is 15.7 Å². The molecule has 3 aromatic rings. The fourth-order valence-electron chi connectivity index (χ4n) is 2.07. The van der Waals surface area contributed by atoms with E-state index in [0.717, 1.165) is 6.20 Å². The Hall–Kier alpha value is -3.27. The van der Waals surface area contributed by atoms with Gasteiger partial charge >= 0.3 is 5.00 Å². The second-order valence-electron chi connectivity index (χ2n) is 4.66. The lowest BCUT2D eigenvalue weighted by molar-refractivity contribution is -0.380. The number of hydrogen-bond acceptors (Lipinski definition) is 7. The maximum absolute atomic E-state index is 12.5. The van der Waals surface area contributed by atoms with E-state index in [2.05, 4.69) is 15.3 Å². The van der Waals surface area contributed by atoms with Gasteiger partial charge in [0.1, 0.15) is 17.5 Å². The summed E-state index contributed by atoms with van der Waals surface area (Å²) < 4.78 is 5.07. The van der Waals surface area contributed by atoms with Crippen molar-refractivity contribution in [2.24, 2.45) is 0 Å². The molecular weight excluding hydrogens is 336 g/mol. The first kappa shape index (κ1) is 15.6. The second kappa shape index (κ2) is 6.08. The van der Waals surface area contributed by atoms with Gasteiger partial charge in [-0.1, -0.05) is 0 Å². The monoisotopic (exact) mass is 346 g/mol. The van der Waals surface area contributed by atoms with Gasteiger partial charge in [0.25, 0.3) is 5.91 Å². The smallest absolute Gasteiger partial charge is 0.345 e. The van der Waals surface area contributed by atoms with E-state index < -0.39 is 16.3 Å². The third-order valence-corrected chi connectivity index (χ3v) is 4.09. The number of ether oxygens (including phenoxy) is 1. The van der Waals surface area contributed by atoms with Crippen molar-refractivity contribution < 1.29 is 14.5 Å². The number of hydrogen-bond donors (Lipinski definition) is 2. The molecule has 0 atom stereocenters. The number of carbonyl (C=O) groups excluding carboxylic acids is 1. The summed E-state index contributed by atoms with van der Waals surface area (Å²) in [7, 11) is 1.47. The van der Waals surface area contributed by atoms with E-state index in [9.17, 15) is 19.7 Å². The number of aromatic amines is 1. The molecule has 0 aliphatic carbocycles. The maximum atomic E-state index is 12.5. The fourth-order valence-corrected chi connectivity index (χ4v) is 2.69. The number of nitrogens with one attached hydrogen (secondary N) is 2. The van der Waals surface area contributed by atoms with Gasteiger partial charge in [0, 0.05) is 17.1 Å². The van der Waals surface area contributed by atoms with Gasteiger partial charge in [0.05, 0.1) is 12.0 Å². The summed E-state index contributed by atoms with van der Waals surface area (Å²) in [4.78, 5) is 41.3. The van der Waals surface area contributed by atoms with Gasteiger partial charge in [-0.05, 0) is 29.5 Å². The number of H-pyrrole nitrogens is 1. The topological polar surface area (TPSA) is 127 Å². The van der Waals surface area contributed by atoms with Crippen LogP contribution in [0.5, 0.6) is 5.75 Å².